The Morgan fingerprint density at radius 3 is 1.23 bits per heavy atom. The maximum atomic E-state index is 12.2. The van der Waals surface area contributed by atoms with E-state index in [4.69, 9.17) is 0 Å². The minimum atomic E-state index is -0.212. The number of halogens is 3. The van der Waals surface area contributed by atoms with Crippen molar-refractivity contribution < 1.29 is 24.0 Å². The number of hydrogen-bond acceptors (Lipinski definition) is 10. The lowest BCUT2D eigenvalue weighted by atomic mass is 9.93. The topological polar surface area (TPSA) is 85.3 Å². The van der Waals surface area contributed by atoms with Crippen molar-refractivity contribution in [2.24, 2.45) is 0 Å². The minimum absolute atomic E-state index is 0.122. The predicted molar refractivity (Wildman–Crippen MR) is 187 cm³/mol. The molecule has 0 spiro atoms. The van der Waals surface area contributed by atoms with Crippen molar-refractivity contribution >= 4 is 133 Å². The summed E-state index contributed by atoms with van der Waals surface area (Å²) < 4.78 is 2.42. The number of carbonyl (C=O) groups excluding carboxylic acids is 5. The van der Waals surface area contributed by atoms with Gasteiger partial charge in [0, 0.05) is 13.4 Å². The molecule has 0 saturated heterocycles. The zero-order valence-corrected chi connectivity index (χ0v) is 30.6. The van der Waals surface area contributed by atoms with Gasteiger partial charge in [0.15, 0.2) is 28.9 Å². The largest absolute Gasteiger partial charge is 0.294 e. The average molecular weight is 858 g/mol. The first-order valence-corrected chi connectivity index (χ1v) is 19.1. The zero-order chi connectivity index (χ0) is 30.8. The lowest BCUT2D eigenvalue weighted by molar-refractivity contribution is 0.0915. The summed E-state index contributed by atoms with van der Waals surface area (Å²) in [6, 6.07) is 9.35. The van der Waals surface area contributed by atoms with Gasteiger partial charge >= 0.3 is 0 Å². The Morgan fingerprint density at radius 1 is 0.581 bits per heavy atom. The molecule has 0 amide bonds. The molecule has 0 saturated carbocycles. The van der Waals surface area contributed by atoms with Crippen molar-refractivity contribution in [1.29, 1.82) is 0 Å². The van der Waals surface area contributed by atoms with Gasteiger partial charge in [-0.2, -0.15) is 0 Å². The maximum absolute atomic E-state index is 12.2. The van der Waals surface area contributed by atoms with Gasteiger partial charge in [0.25, 0.3) is 0 Å². The fourth-order valence-electron chi connectivity index (χ4n) is 4.54. The zero-order valence-electron chi connectivity index (χ0n) is 21.8. The van der Waals surface area contributed by atoms with E-state index >= 15 is 0 Å². The van der Waals surface area contributed by atoms with E-state index in [-0.39, 0.29) is 40.8 Å². The number of Topliss-reactive ketones (excluding diaryl/α,β-unsaturated/α-hetero) is 3. The van der Waals surface area contributed by atoms with Crippen LogP contribution >= 0.6 is 104 Å². The highest BCUT2D eigenvalue weighted by atomic mass is 79.9. The molecule has 218 valence electrons. The first-order valence-electron chi connectivity index (χ1n) is 12.3. The summed E-state index contributed by atoms with van der Waals surface area (Å²) in [6.07, 6.45) is 2.62. The van der Waals surface area contributed by atoms with E-state index in [0.29, 0.717) is 9.75 Å². The van der Waals surface area contributed by atoms with Gasteiger partial charge in [-0.15, -0.1) is 56.7 Å². The van der Waals surface area contributed by atoms with E-state index in [1.807, 2.05) is 57.2 Å². The third-order valence-corrected chi connectivity index (χ3v) is 13.9. The Labute approximate surface area is 291 Å². The van der Waals surface area contributed by atoms with Crippen molar-refractivity contribution in [2.45, 2.75) is 18.8 Å². The normalized spacial score (nSPS) is 16.2. The second-order valence-electron chi connectivity index (χ2n) is 9.00. The number of ketones is 5. The third kappa shape index (κ3) is 6.69. The quantitative estimate of drug-likeness (QED) is 0.130. The molecule has 7 rings (SSSR count). The molecule has 0 radical (unpaired) electrons. The summed E-state index contributed by atoms with van der Waals surface area (Å²) in [7, 11) is 0. The van der Waals surface area contributed by atoms with Crippen LogP contribution in [0.3, 0.4) is 0 Å². The van der Waals surface area contributed by atoms with E-state index in [1.54, 1.807) is 6.92 Å². The molecular weight excluding hydrogens is 840 g/mol. The lowest BCUT2D eigenvalue weighted by Crippen LogP contribution is -2.09. The fourth-order valence-corrected chi connectivity index (χ4v) is 10.9. The van der Waals surface area contributed by atoms with Crippen LogP contribution in [0.2, 0.25) is 0 Å². The van der Waals surface area contributed by atoms with Crippen molar-refractivity contribution in [3.63, 3.8) is 0 Å². The van der Waals surface area contributed by atoms with Crippen LogP contribution in [-0.4, -0.2) is 28.9 Å². The van der Waals surface area contributed by atoms with Crippen molar-refractivity contribution in [2.75, 3.05) is 0 Å². The van der Waals surface area contributed by atoms with E-state index in [0.717, 1.165) is 39.2 Å². The van der Waals surface area contributed by atoms with Crippen LogP contribution in [0.4, 0.5) is 0 Å². The number of thiophene rings is 5. The van der Waals surface area contributed by atoms with E-state index < -0.39 is 0 Å². The molecule has 0 bridgehead atoms. The lowest BCUT2D eigenvalue weighted by Gasteiger charge is -2.06. The van der Waals surface area contributed by atoms with Gasteiger partial charge in [0.2, 0.25) is 0 Å². The van der Waals surface area contributed by atoms with E-state index in [9.17, 15) is 24.0 Å². The van der Waals surface area contributed by atoms with Gasteiger partial charge in [-0.1, -0.05) is 0 Å². The summed E-state index contributed by atoms with van der Waals surface area (Å²) >= 11 is 16.9. The monoisotopic (exact) mass is 854 g/mol. The summed E-state index contributed by atoms with van der Waals surface area (Å²) in [4.78, 5) is 62.3. The van der Waals surface area contributed by atoms with Gasteiger partial charge in [0.1, 0.15) is 0 Å². The number of hydrogen-bond donors (Lipinski definition) is 0. The Morgan fingerprint density at radius 2 is 0.930 bits per heavy atom. The molecule has 0 N–H and O–H groups in total. The second kappa shape index (κ2) is 14.0. The molecule has 5 heterocycles. The maximum Gasteiger partial charge on any atom is 0.197 e. The summed E-state index contributed by atoms with van der Waals surface area (Å²) in [5, 5.41) is 9.34. The molecule has 0 aliphatic heterocycles. The summed E-state index contributed by atoms with van der Waals surface area (Å²) in [5.41, 5.74) is 1.90. The van der Waals surface area contributed by atoms with Crippen LogP contribution in [0.25, 0.3) is 0 Å². The SMILES string of the molecule is CC(=O)c1sccc1Br.O=C(/C=C/C(=O)c1sccc1Br)c1sccc1Br.O=C1c2sccc2C2C(=O)c3sccc3C12. The fraction of sp³-hybridized carbons (Fsp3) is 0.100. The highest BCUT2D eigenvalue weighted by Crippen LogP contribution is 2.54. The van der Waals surface area contributed by atoms with E-state index in [1.165, 1.54) is 68.8 Å². The Bertz CT molecular complexity index is 1790. The molecule has 13 heteroatoms. The minimum Gasteiger partial charge on any atom is -0.294 e. The molecule has 2 unspecified atom stereocenters. The van der Waals surface area contributed by atoms with Crippen LogP contribution in [0.1, 0.15) is 78.2 Å². The molecule has 0 aromatic carbocycles. The standard InChI is InChI=1S/C12H6Br2O2S2.C12H6O2S2.C6H5BrOS/c13-7-3-5-17-11(7)9(15)1-2-10(16)12-8(14)4-6-18-12;13-9-7-5-1-3-15-11(5)10(14)8(7)6-2-4-16-12(6)9;1-4(8)6-5(7)2-3-9-6/h1-6H;1-4,7-8H;2-3H,1H3/b2-1+;;. The second-order valence-corrected chi connectivity index (χ2v) is 16.1. The highest BCUT2D eigenvalue weighted by molar-refractivity contribution is 9.11. The average Bonchev–Trinajstić information content (AvgIpc) is 3.80. The van der Waals surface area contributed by atoms with Crippen LogP contribution < -0.4 is 0 Å². The molecule has 0 fully saturated rings. The van der Waals surface area contributed by atoms with Gasteiger partial charge in [0.05, 0.1) is 36.2 Å². The molecule has 5 aromatic heterocycles. The molecule has 2 atom stereocenters. The van der Waals surface area contributed by atoms with E-state index in [2.05, 4.69) is 47.8 Å². The molecule has 43 heavy (non-hydrogen) atoms. The van der Waals surface area contributed by atoms with Gasteiger partial charge in [-0.3, -0.25) is 24.0 Å². The first kappa shape index (κ1) is 32.4. The summed E-state index contributed by atoms with van der Waals surface area (Å²) in [5.74, 6) is -0.360. The molecule has 5 nitrogen and oxygen atoms in total. The molecular formula is C30H17Br3O5S5. The van der Waals surface area contributed by atoms with Crippen LogP contribution in [0, 0.1) is 0 Å². The summed E-state index contributed by atoms with van der Waals surface area (Å²) in [6.45, 7) is 1.57. The third-order valence-electron chi connectivity index (χ3n) is 6.41. The number of carbonyl (C=O) groups is 5. The van der Waals surface area contributed by atoms with Crippen molar-refractivity contribution in [1.82, 2.24) is 0 Å². The number of rotatable bonds is 5. The van der Waals surface area contributed by atoms with Crippen molar-refractivity contribution in [3.05, 3.63) is 118 Å². The van der Waals surface area contributed by atoms with Crippen molar-refractivity contribution in [3.8, 4) is 0 Å². The van der Waals surface area contributed by atoms with Crippen LogP contribution in [0.15, 0.2) is 82.8 Å². The van der Waals surface area contributed by atoms with Gasteiger partial charge in [-0.05, 0) is 135 Å². The predicted octanol–water partition coefficient (Wildman–Crippen LogP) is 10.7. The van der Waals surface area contributed by atoms with Crippen LogP contribution in [0.5, 0.6) is 0 Å². The van der Waals surface area contributed by atoms with Gasteiger partial charge < -0.3 is 0 Å². The molecule has 5 aromatic rings. The Kier molecular flexibility index (Phi) is 10.5. The van der Waals surface area contributed by atoms with Gasteiger partial charge in [-0.25, -0.2) is 0 Å². The smallest absolute Gasteiger partial charge is 0.197 e. The first-order chi connectivity index (χ1) is 20.6. The highest BCUT2D eigenvalue weighted by Gasteiger charge is 2.52. The molecule has 2 aliphatic carbocycles. The Balaban J connectivity index is 0.000000135. The number of fused-ring (bicyclic) bond motifs is 5. The molecule has 2 aliphatic rings. The van der Waals surface area contributed by atoms with Crippen LogP contribution in [-0.2, 0) is 0 Å². The Hall–Kier alpha value is -1.97. The number of allylic oxidation sites excluding steroid dienone is 2.